The molecule has 0 spiro atoms. The van der Waals surface area contributed by atoms with Gasteiger partial charge in [0, 0.05) is 48.4 Å². The molecule has 0 aliphatic rings. The Bertz CT molecular complexity index is 2750. The highest BCUT2D eigenvalue weighted by Gasteiger charge is 2.20. The second kappa shape index (κ2) is 9.57. The van der Waals surface area contributed by atoms with Gasteiger partial charge in [0.05, 0.1) is 36.3 Å². The molecule has 0 saturated heterocycles. The number of aromatic nitrogens is 3. The average Bonchev–Trinajstić information content (AvgIpc) is 3.76. The van der Waals surface area contributed by atoms with Crippen molar-refractivity contribution in [3.05, 3.63) is 140 Å². The van der Waals surface area contributed by atoms with Gasteiger partial charge in [0.15, 0.2) is 5.82 Å². The van der Waals surface area contributed by atoms with Crippen molar-refractivity contribution in [2.45, 2.75) is 0 Å². The monoisotopic (exact) mass is 609 g/mol. The van der Waals surface area contributed by atoms with Gasteiger partial charge in [-0.3, -0.25) is 0 Å². The van der Waals surface area contributed by atoms with Gasteiger partial charge in [-0.15, -0.1) is 22.7 Å². The molecule has 0 aliphatic carbocycles. The zero-order valence-corrected chi connectivity index (χ0v) is 25.6. The Labute approximate surface area is 266 Å². The van der Waals surface area contributed by atoms with Crippen molar-refractivity contribution in [1.82, 2.24) is 14.5 Å². The van der Waals surface area contributed by atoms with Gasteiger partial charge in [0.1, 0.15) is 0 Å². The molecule has 5 heteroatoms. The van der Waals surface area contributed by atoms with Crippen LogP contribution in [0.2, 0.25) is 0 Å². The first-order chi connectivity index (χ1) is 22.3. The van der Waals surface area contributed by atoms with Crippen molar-refractivity contribution < 1.29 is 0 Å². The van der Waals surface area contributed by atoms with Crippen LogP contribution in [0.4, 0.5) is 0 Å². The third kappa shape index (κ3) is 3.69. The topological polar surface area (TPSA) is 30.7 Å². The molecule has 0 unspecified atom stereocenters. The van der Waals surface area contributed by atoms with Crippen LogP contribution in [0, 0.1) is 0 Å². The molecular weight excluding hydrogens is 587 g/mol. The Morgan fingerprint density at radius 3 is 2.00 bits per heavy atom. The number of hydrogen-bond donors (Lipinski definition) is 0. The molecule has 0 aliphatic heterocycles. The molecule has 10 aromatic rings. The second-order valence-electron chi connectivity index (χ2n) is 11.4. The summed E-state index contributed by atoms with van der Waals surface area (Å²) in [5, 5.41) is 6.30. The predicted octanol–water partition coefficient (Wildman–Crippen LogP) is 11.6. The minimum Gasteiger partial charge on any atom is -0.308 e. The molecule has 6 aromatic carbocycles. The molecule has 45 heavy (non-hydrogen) atoms. The first-order valence-corrected chi connectivity index (χ1v) is 16.6. The van der Waals surface area contributed by atoms with Crippen LogP contribution >= 0.6 is 22.7 Å². The molecule has 0 atom stereocenters. The fourth-order valence-electron chi connectivity index (χ4n) is 6.76. The van der Waals surface area contributed by atoms with Gasteiger partial charge in [0.25, 0.3) is 0 Å². The number of hydrogen-bond acceptors (Lipinski definition) is 4. The van der Waals surface area contributed by atoms with Gasteiger partial charge in [0.2, 0.25) is 0 Å². The summed E-state index contributed by atoms with van der Waals surface area (Å²) in [7, 11) is 0. The largest absolute Gasteiger partial charge is 0.308 e. The van der Waals surface area contributed by atoms with Crippen LogP contribution in [0.1, 0.15) is 0 Å². The predicted molar refractivity (Wildman–Crippen MR) is 193 cm³/mol. The van der Waals surface area contributed by atoms with E-state index in [4.69, 9.17) is 9.97 Å². The number of benzene rings is 6. The molecule has 4 aromatic heterocycles. The molecule has 0 radical (unpaired) electrons. The van der Waals surface area contributed by atoms with Crippen LogP contribution in [-0.4, -0.2) is 14.5 Å². The minimum atomic E-state index is 0.731. The molecule has 0 N–H and O–H groups in total. The highest BCUT2D eigenvalue weighted by Crippen LogP contribution is 2.48. The first-order valence-electron chi connectivity index (χ1n) is 15.0. The lowest BCUT2D eigenvalue weighted by atomic mass is 10.1. The molecule has 0 fully saturated rings. The summed E-state index contributed by atoms with van der Waals surface area (Å²) in [4.78, 5) is 10.1. The SMILES string of the molecule is c1ccc(-c2nc(-c3ccc(-n4c5ccccc5c5ccc6c7sc8ccccc8c7sc6c54)cc3)nc3ccccc23)cc1. The van der Waals surface area contributed by atoms with Crippen LogP contribution in [0.5, 0.6) is 0 Å². The highest BCUT2D eigenvalue weighted by molar-refractivity contribution is 7.37. The summed E-state index contributed by atoms with van der Waals surface area (Å²) >= 11 is 3.82. The van der Waals surface area contributed by atoms with Crippen LogP contribution in [0.15, 0.2) is 140 Å². The standard InChI is InChI=1S/C40H23N3S2/c1-2-10-24(11-3-1)35-29-13-4-7-15-32(29)41-40(42-35)25-18-20-26(21-19-25)43-33-16-8-5-12-27(33)28-22-23-31-37(36(28)43)45-38-30-14-6-9-17-34(30)44-39(31)38/h1-23H. The van der Waals surface area contributed by atoms with Gasteiger partial charge in [-0.25, -0.2) is 9.97 Å². The minimum absolute atomic E-state index is 0.731. The van der Waals surface area contributed by atoms with Crippen molar-refractivity contribution in [1.29, 1.82) is 0 Å². The molecular formula is C40H23N3S2. The van der Waals surface area contributed by atoms with E-state index in [0.717, 1.165) is 39.2 Å². The average molecular weight is 610 g/mol. The van der Waals surface area contributed by atoms with Gasteiger partial charge in [-0.2, -0.15) is 0 Å². The van der Waals surface area contributed by atoms with Crippen LogP contribution in [0.25, 0.3) is 90.6 Å². The van der Waals surface area contributed by atoms with Gasteiger partial charge in [-0.1, -0.05) is 97.1 Å². The zero-order chi connectivity index (χ0) is 29.5. The summed E-state index contributed by atoms with van der Waals surface area (Å²) in [6.07, 6.45) is 0. The molecule has 3 nitrogen and oxygen atoms in total. The second-order valence-corrected chi connectivity index (χ2v) is 13.4. The van der Waals surface area contributed by atoms with Crippen molar-refractivity contribution in [2.75, 3.05) is 0 Å². The van der Waals surface area contributed by atoms with E-state index in [1.807, 2.05) is 34.8 Å². The van der Waals surface area contributed by atoms with Crippen LogP contribution in [-0.2, 0) is 0 Å². The Balaban J connectivity index is 1.19. The van der Waals surface area contributed by atoms with E-state index < -0.39 is 0 Å². The summed E-state index contributed by atoms with van der Waals surface area (Å²) < 4.78 is 7.89. The third-order valence-corrected chi connectivity index (χ3v) is 11.4. The smallest absolute Gasteiger partial charge is 0.160 e. The van der Waals surface area contributed by atoms with E-state index in [2.05, 4.69) is 132 Å². The van der Waals surface area contributed by atoms with E-state index in [1.165, 1.54) is 51.4 Å². The van der Waals surface area contributed by atoms with Crippen LogP contribution < -0.4 is 0 Å². The number of nitrogens with zero attached hydrogens (tertiary/aromatic N) is 3. The summed E-state index contributed by atoms with van der Waals surface area (Å²) in [6.45, 7) is 0. The Morgan fingerprint density at radius 2 is 1.13 bits per heavy atom. The van der Waals surface area contributed by atoms with Crippen molar-refractivity contribution in [3.63, 3.8) is 0 Å². The number of thiophene rings is 2. The molecule has 10 rings (SSSR count). The summed E-state index contributed by atoms with van der Waals surface area (Å²) in [5.74, 6) is 0.731. The molecule has 0 amide bonds. The quantitative estimate of drug-likeness (QED) is 0.199. The Morgan fingerprint density at radius 1 is 0.444 bits per heavy atom. The Kier molecular flexibility index (Phi) is 5.32. The van der Waals surface area contributed by atoms with E-state index in [1.54, 1.807) is 0 Å². The van der Waals surface area contributed by atoms with E-state index in [-0.39, 0.29) is 0 Å². The number of rotatable bonds is 3. The number of para-hydroxylation sites is 2. The molecule has 0 bridgehead atoms. The van der Waals surface area contributed by atoms with Crippen molar-refractivity contribution in [3.8, 4) is 28.3 Å². The number of fused-ring (bicyclic) bond motifs is 10. The molecule has 210 valence electrons. The fraction of sp³-hybridized carbons (Fsp3) is 0. The fourth-order valence-corrected chi connectivity index (χ4v) is 9.54. The Hall–Kier alpha value is -5.36. The lowest BCUT2D eigenvalue weighted by Gasteiger charge is -2.11. The van der Waals surface area contributed by atoms with Crippen LogP contribution in [0.3, 0.4) is 0 Å². The summed E-state index contributed by atoms with van der Waals surface area (Å²) in [5.41, 5.74) is 7.59. The molecule has 0 saturated carbocycles. The third-order valence-electron chi connectivity index (χ3n) is 8.82. The van der Waals surface area contributed by atoms with Gasteiger partial charge < -0.3 is 4.57 Å². The lowest BCUT2D eigenvalue weighted by Crippen LogP contribution is -1.97. The van der Waals surface area contributed by atoms with E-state index in [9.17, 15) is 0 Å². The first kappa shape index (κ1) is 25.0. The van der Waals surface area contributed by atoms with E-state index in [0.29, 0.717) is 0 Å². The van der Waals surface area contributed by atoms with Gasteiger partial charge >= 0.3 is 0 Å². The maximum atomic E-state index is 5.10. The van der Waals surface area contributed by atoms with E-state index >= 15 is 0 Å². The lowest BCUT2D eigenvalue weighted by molar-refractivity contribution is 1.18. The zero-order valence-electron chi connectivity index (χ0n) is 23.9. The summed E-state index contributed by atoms with van der Waals surface area (Å²) in [6, 6.07) is 49.6. The maximum absolute atomic E-state index is 5.10. The maximum Gasteiger partial charge on any atom is 0.160 e. The normalized spacial score (nSPS) is 12.0. The van der Waals surface area contributed by atoms with Crippen molar-refractivity contribution >= 4 is 85.0 Å². The molecule has 4 heterocycles. The highest BCUT2D eigenvalue weighted by atomic mass is 32.1. The van der Waals surface area contributed by atoms with Crippen molar-refractivity contribution in [2.24, 2.45) is 0 Å². The van der Waals surface area contributed by atoms with Gasteiger partial charge in [-0.05, 0) is 42.5 Å².